The highest BCUT2D eigenvalue weighted by Gasteiger charge is 2.86. The number of hydrogen-bond acceptors (Lipinski definition) is 10. The van der Waals surface area contributed by atoms with Gasteiger partial charge in [-0.3, -0.25) is 0 Å². The summed E-state index contributed by atoms with van der Waals surface area (Å²) in [5.41, 5.74) is 3.52. The van der Waals surface area contributed by atoms with E-state index in [9.17, 15) is 9.59 Å². The summed E-state index contributed by atoms with van der Waals surface area (Å²) >= 11 is 17.3. The van der Waals surface area contributed by atoms with Gasteiger partial charge < -0.3 is 18.9 Å². The molecule has 0 bridgehead atoms. The van der Waals surface area contributed by atoms with Crippen molar-refractivity contribution in [2.45, 2.75) is 71.1 Å². The molecule has 10 rings (SSSR count). The minimum absolute atomic E-state index is 0.0333. The second kappa shape index (κ2) is 14.8. The van der Waals surface area contributed by atoms with Crippen LogP contribution in [0.5, 0.6) is 11.8 Å². The molecule has 0 amide bonds. The fraction of sp³-hybridized carbons (Fsp3) is 0.525. The van der Waals surface area contributed by atoms with Gasteiger partial charge in [-0.2, -0.15) is 5.10 Å². The Morgan fingerprint density at radius 2 is 1.35 bits per heavy atom. The smallest absolute Gasteiger partial charge is 0.344 e. The van der Waals surface area contributed by atoms with Gasteiger partial charge in [0, 0.05) is 18.3 Å². The van der Waals surface area contributed by atoms with Crippen molar-refractivity contribution in [3.8, 4) is 17.6 Å². The molecule has 6 aliphatic carbocycles. The van der Waals surface area contributed by atoms with E-state index < -0.39 is 11.9 Å². The number of halogens is 3. The topological polar surface area (TPSA) is 143 Å². The third-order valence-electron chi connectivity index (χ3n) is 12.8. The molecular weight excluding hydrogens is 767 g/mol. The molecule has 4 heterocycles. The molecule has 0 saturated heterocycles. The van der Waals surface area contributed by atoms with E-state index in [0.717, 1.165) is 52.4 Å². The van der Waals surface area contributed by atoms with E-state index in [4.69, 9.17) is 49.0 Å². The monoisotopic (exact) mass is 809 g/mol. The Bertz CT molecular complexity index is 2000. The highest BCUT2D eigenvalue weighted by atomic mass is 35.5. The molecule has 4 spiro atoms. The summed E-state index contributed by atoms with van der Waals surface area (Å²) in [6.07, 6.45) is 17.6. The lowest BCUT2D eigenvalue weighted by atomic mass is 10.2. The van der Waals surface area contributed by atoms with Crippen molar-refractivity contribution in [3.05, 3.63) is 82.3 Å². The molecule has 6 saturated carbocycles. The van der Waals surface area contributed by atoms with E-state index in [0.29, 0.717) is 24.9 Å². The van der Waals surface area contributed by atoms with Gasteiger partial charge in [0.25, 0.3) is 0 Å². The number of esters is 2. The summed E-state index contributed by atoms with van der Waals surface area (Å²) in [4.78, 5) is 30.9. The lowest BCUT2D eigenvalue weighted by molar-refractivity contribution is 0.0522. The molecule has 0 aromatic carbocycles. The summed E-state index contributed by atoms with van der Waals surface area (Å²) < 4.78 is 22.7. The minimum Gasteiger partial charge on any atom is -0.478 e. The van der Waals surface area contributed by atoms with Crippen molar-refractivity contribution in [3.63, 3.8) is 0 Å². The number of rotatable bonds is 13. The summed E-state index contributed by atoms with van der Waals surface area (Å²) in [5, 5.41) is 11.5. The number of nitrogens with one attached hydrogen (secondary N) is 1. The number of pyridine rings is 2. The zero-order valence-corrected chi connectivity index (χ0v) is 33.0. The van der Waals surface area contributed by atoms with Crippen LogP contribution in [0.4, 0.5) is 0 Å². The predicted octanol–water partition coefficient (Wildman–Crippen LogP) is 8.80. The number of H-pyrrole nitrogens is 1. The molecule has 0 aliphatic heterocycles. The number of fused-ring (bicyclic) bond motifs is 2. The largest absolute Gasteiger partial charge is 0.478 e. The molecule has 1 N–H and O–H groups in total. The molecule has 0 unspecified atom stereocenters. The molecule has 55 heavy (non-hydrogen) atoms. The van der Waals surface area contributed by atoms with Crippen molar-refractivity contribution in [2.24, 2.45) is 33.5 Å². The highest BCUT2D eigenvalue weighted by molar-refractivity contribution is 6.34. The number of carbonyl (C=O) groups excluding carboxylic acids is 2. The van der Waals surface area contributed by atoms with E-state index in [1.807, 2.05) is 12.1 Å². The fourth-order valence-electron chi connectivity index (χ4n) is 9.76. The Hall–Kier alpha value is -4.00. The number of aromatic amines is 1. The maximum atomic E-state index is 11.8. The number of hydrogen-bond donors (Lipinski definition) is 1. The maximum Gasteiger partial charge on any atom is 0.344 e. The van der Waals surface area contributed by atoms with E-state index >= 15 is 0 Å². The van der Waals surface area contributed by atoms with Gasteiger partial charge in [-0.15, -0.1) is 5.10 Å². The van der Waals surface area contributed by atoms with Crippen LogP contribution in [0.25, 0.3) is 5.82 Å². The number of nitrogens with zero attached hydrogens (tertiary/aromatic N) is 5. The van der Waals surface area contributed by atoms with Crippen molar-refractivity contribution in [1.29, 1.82) is 0 Å². The molecular formula is C40H44Cl3N6O6+. The molecule has 12 nitrogen and oxygen atoms in total. The van der Waals surface area contributed by atoms with Crippen molar-refractivity contribution < 1.29 is 28.5 Å². The predicted molar refractivity (Wildman–Crippen MR) is 205 cm³/mol. The van der Waals surface area contributed by atoms with Gasteiger partial charge >= 0.3 is 11.9 Å². The molecule has 4 aromatic heterocycles. The van der Waals surface area contributed by atoms with Gasteiger partial charge in [0.1, 0.15) is 22.4 Å². The summed E-state index contributed by atoms with van der Waals surface area (Å²) in [7, 11) is 0. The molecule has 15 heteroatoms. The second-order valence-corrected chi connectivity index (χ2v) is 16.5. The van der Waals surface area contributed by atoms with Crippen molar-refractivity contribution >= 4 is 46.7 Å². The normalized spacial score (nSPS) is 20.1. The van der Waals surface area contributed by atoms with Gasteiger partial charge in [-0.25, -0.2) is 29.3 Å². The Morgan fingerprint density at radius 3 is 1.85 bits per heavy atom. The number of ether oxygens (including phenoxy) is 4. The quantitative estimate of drug-likeness (QED) is 0.0791. The van der Waals surface area contributed by atoms with E-state index in [1.54, 1.807) is 36.1 Å². The molecule has 0 radical (unpaired) electrons. The van der Waals surface area contributed by atoms with Crippen LogP contribution in [0.1, 0.15) is 91.8 Å². The van der Waals surface area contributed by atoms with Crippen molar-refractivity contribution in [1.82, 2.24) is 29.9 Å². The Morgan fingerprint density at radius 1 is 0.782 bits per heavy atom. The van der Waals surface area contributed by atoms with Crippen LogP contribution in [-0.4, -0.2) is 68.3 Å². The van der Waals surface area contributed by atoms with Crippen LogP contribution < -0.4 is 9.47 Å². The number of carbonyl (C=O) groups is 2. The first-order valence-electron chi connectivity index (χ1n) is 19.1. The lowest BCUT2D eigenvalue weighted by Gasteiger charge is -2.06. The summed E-state index contributed by atoms with van der Waals surface area (Å²) in [5.74, 6) is 2.76. The van der Waals surface area contributed by atoms with E-state index in [1.165, 1.54) is 69.9 Å². The minimum atomic E-state index is -0.552. The Kier molecular flexibility index (Phi) is 10.2. The zero-order valence-electron chi connectivity index (χ0n) is 30.7. The Balaban J connectivity index is 0.000000129. The molecule has 6 aliphatic rings. The first-order chi connectivity index (χ1) is 26.6. The zero-order chi connectivity index (χ0) is 38.4. The van der Waals surface area contributed by atoms with Crippen LogP contribution in [0.2, 0.25) is 15.5 Å². The van der Waals surface area contributed by atoms with Gasteiger partial charge in [0.2, 0.25) is 18.4 Å². The van der Waals surface area contributed by atoms with Crippen LogP contribution >= 0.6 is 34.8 Å². The lowest BCUT2D eigenvalue weighted by Crippen LogP contribution is -2.08. The summed E-state index contributed by atoms with van der Waals surface area (Å²) in [6.45, 7) is 7.02. The van der Waals surface area contributed by atoms with Crippen LogP contribution in [0.15, 0.2) is 48.8 Å². The average Bonchev–Trinajstić information content (AvgIpc) is 3.90. The molecule has 6 fully saturated rings. The first-order valence-corrected chi connectivity index (χ1v) is 20.2. The maximum absolute atomic E-state index is 11.8. The van der Waals surface area contributed by atoms with Crippen LogP contribution in [0, 0.1) is 40.4 Å². The number of aromatic nitrogens is 6. The van der Waals surface area contributed by atoms with Crippen LogP contribution in [-0.2, 0) is 9.47 Å². The van der Waals surface area contributed by atoms with E-state index in [2.05, 4.69) is 36.9 Å². The molecule has 4 aromatic rings. The third kappa shape index (κ3) is 7.26. The standard InChI is InChI=1S/C20H22ClN3O3.C12H16N2O.C8H6Cl2NO2/c1-2-26-18(25)13-3-4-15(22-17(13)21)24-11-5-16(23-24)27-12-6-14-19(7-8-19)20(14)9-10-20;1-7-13-14-10(1)15-8-2-9-11(3-4-11)12(9)5-6-12;1-2-13-8(12)5-3-4-6(9)11-7(5)10/h3-5,11,14H,2,6-10,12H2,1H3;1,7,9H,2-6,8H2,(H,13,14);3-4H,1-2H2/q;;+1. The van der Waals surface area contributed by atoms with Crippen LogP contribution in [0.3, 0.4) is 0 Å². The first kappa shape index (κ1) is 37.9. The second-order valence-electron chi connectivity index (χ2n) is 15.4. The average molecular weight is 811 g/mol. The van der Waals surface area contributed by atoms with Crippen molar-refractivity contribution in [2.75, 3.05) is 26.4 Å². The Labute approximate surface area is 334 Å². The highest BCUT2D eigenvalue weighted by Crippen LogP contribution is 2.93. The molecule has 290 valence electrons. The molecule has 0 atom stereocenters. The van der Waals surface area contributed by atoms with Gasteiger partial charge in [-0.05, 0) is 129 Å². The summed E-state index contributed by atoms with van der Waals surface area (Å²) in [6, 6.07) is 9.91. The fourth-order valence-corrected chi connectivity index (χ4v) is 10.4. The van der Waals surface area contributed by atoms with Gasteiger partial charge in [0.05, 0.1) is 37.1 Å². The van der Waals surface area contributed by atoms with Gasteiger partial charge in [0.15, 0.2) is 5.82 Å². The SMILES string of the molecule is CCOC(=O)c1ccc(-n2ccc(OCCC3C4(CC4)C34CC4)n2)nc1Cl.[CH2+]COC(=O)c1ccc(Cl)nc1Cl.c1cc(OCCC2C3(CC3)C23CC3)[nH]n1. The van der Waals surface area contributed by atoms with E-state index in [-0.39, 0.29) is 33.2 Å². The van der Waals surface area contributed by atoms with Gasteiger partial charge in [-0.1, -0.05) is 34.8 Å². The third-order valence-corrected chi connectivity index (χ3v) is 13.6.